The zero-order chi connectivity index (χ0) is 11.5. The second-order valence-electron chi connectivity index (χ2n) is 3.73. The number of ether oxygens (including phenoxy) is 1. The fourth-order valence-electron chi connectivity index (χ4n) is 1.64. The Morgan fingerprint density at radius 2 is 2.31 bits per heavy atom. The summed E-state index contributed by atoms with van der Waals surface area (Å²) in [5.41, 5.74) is 6.30. The minimum Gasteiger partial charge on any atom is -0.487 e. The van der Waals surface area contributed by atoms with Gasteiger partial charge < -0.3 is 15.8 Å². The first-order valence-corrected chi connectivity index (χ1v) is 5.41. The van der Waals surface area contributed by atoms with Gasteiger partial charge in [0.25, 0.3) is 0 Å². The molecule has 1 heterocycles. The molecule has 0 aromatic heterocycles. The van der Waals surface area contributed by atoms with Crippen LogP contribution in [0.2, 0.25) is 5.02 Å². The van der Waals surface area contributed by atoms with Crippen LogP contribution in [0.5, 0.6) is 5.75 Å². The SMILES string of the molecule is N#Cc1ccc(OC2CNCC2N)cc1Cl. The highest BCUT2D eigenvalue weighted by molar-refractivity contribution is 6.31. The smallest absolute Gasteiger partial charge is 0.127 e. The third-order valence-electron chi connectivity index (χ3n) is 2.55. The minimum absolute atomic E-state index is 0.00517. The molecule has 16 heavy (non-hydrogen) atoms. The van der Waals surface area contributed by atoms with Crippen LogP contribution in [0.3, 0.4) is 0 Å². The first-order valence-electron chi connectivity index (χ1n) is 5.03. The topological polar surface area (TPSA) is 71.1 Å². The van der Waals surface area contributed by atoms with Gasteiger partial charge in [-0.1, -0.05) is 11.6 Å². The van der Waals surface area contributed by atoms with Gasteiger partial charge in [0.15, 0.2) is 0 Å². The normalized spacial score (nSPS) is 24.1. The molecule has 0 bridgehead atoms. The molecule has 1 fully saturated rings. The van der Waals surface area contributed by atoms with Gasteiger partial charge in [0.1, 0.15) is 17.9 Å². The van der Waals surface area contributed by atoms with Gasteiger partial charge in [-0.2, -0.15) is 5.26 Å². The summed E-state index contributed by atoms with van der Waals surface area (Å²) in [6.45, 7) is 1.49. The molecule has 84 valence electrons. The Labute approximate surface area is 98.9 Å². The molecule has 0 amide bonds. The van der Waals surface area contributed by atoms with E-state index in [9.17, 15) is 0 Å². The maximum absolute atomic E-state index is 8.73. The van der Waals surface area contributed by atoms with Crippen molar-refractivity contribution in [3.63, 3.8) is 0 Å². The van der Waals surface area contributed by atoms with E-state index in [0.717, 1.165) is 13.1 Å². The van der Waals surface area contributed by atoms with Gasteiger partial charge in [0.05, 0.1) is 16.6 Å². The fourth-order valence-corrected chi connectivity index (χ4v) is 1.85. The molecule has 0 saturated carbocycles. The molecule has 1 aliphatic rings. The summed E-state index contributed by atoms with van der Waals surface area (Å²) >= 11 is 5.90. The number of nitriles is 1. The Morgan fingerprint density at radius 1 is 1.50 bits per heavy atom. The van der Waals surface area contributed by atoms with Gasteiger partial charge in [-0.05, 0) is 12.1 Å². The highest BCUT2D eigenvalue weighted by Crippen LogP contribution is 2.23. The first-order chi connectivity index (χ1) is 7.70. The lowest BCUT2D eigenvalue weighted by Gasteiger charge is -2.17. The number of nitrogens with two attached hydrogens (primary N) is 1. The zero-order valence-corrected chi connectivity index (χ0v) is 9.37. The summed E-state index contributed by atoms with van der Waals surface area (Å²) < 4.78 is 5.69. The van der Waals surface area contributed by atoms with Crippen LogP contribution in [0.4, 0.5) is 0 Å². The highest BCUT2D eigenvalue weighted by atomic mass is 35.5. The lowest BCUT2D eigenvalue weighted by molar-refractivity contribution is 0.205. The summed E-state index contributed by atoms with van der Waals surface area (Å²) in [6.07, 6.45) is -0.0380. The lowest BCUT2D eigenvalue weighted by atomic mass is 10.2. The van der Waals surface area contributed by atoms with Crippen LogP contribution in [-0.2, 0) is 0 Å². The Bertz CT molecular complexity index is 430. The number of hydrogen-bond donors (Lipinski definition) is 2. The molecule has 0 aliphatic carbocycles. The van der Waals surface area contributed by atoms with E-state index in [1.165, 1.54) is 0 Å². The predicted octanol–water partition coefficient (Wildman–Crippen LogP) is 0.890. The second kappa shape index (κ2) is 4.71. The Hall–Kier alpha value is -1.28. The first kappa shape index (κ1) is 11.2. The van der Waals surface area contributed by atoms with Crippen molar-refractivity contribution in [1.82, 2.24) is 5.32 Å². The predicted molar refractivity (Wildman–Crippen MR) is 61.4 cm³/mol. The van der Waals surface area contributed by atoms with Crippen molar-refractivity contribution in [2.45, 2.75) is 12.1 Å². The molecular formula is C11H12ClN3O. The van der Waals surface area contributed by atoms with Crippen molar-refractivity contribution in [3.8, 4) is 11.8 Å². The van der Waals surface area contributed by atoms with Crippen molar-refractivity contribution in [2.24, 2.45) is 5.73 Å². The molecule has 0 spiro atoms. The van der Waals surface area contributed by atoms with Crippen molar-refractivity contribution in [3.05, 3.63) is 28.8 Å². The Kier molecular flexibility index (Phi) is 3.30. The van der Waals surface area contributed by atoms with E-state index in [-0.39, 0.29) is 12.1 Å². The van der Waals surface area contributed by atoms with Gasteiger partial charge in [-0.15, -0.1) is 0 Å². The van der Waals surface area contributed by atoms with Gasteiger partial charge in [0, 0.05) is 19.2 Å². The van der Waals surface area contributed by atoms with Crippen molar-refractivity contribution in [1.29, 1.82) is 5.26 Å². The molecule has 0 radical (unpaired) electrons. The maximum Gasteiger partial charge on any atom is 0.127 e. The van der Waals surface area contributed by atoms with Crippen molar-refractivity contribution < 1.29 is 4.74 Å². The largest absolute Gasteiger partial charge is 0.487 e. The van der Waals surface area contributed by atoms with Gasteiger partial charge >= 0.3 is 0 Å². The van der Waals surface area contributed by atoms with Gasteiger partial charge in [-0.3, -0.25) is 0 Å². The van der Waals surface area contributed by atoms with E-state index in [0.29, 0.717) is 16.3 Å². The van der Waals surface area contributed by atoms with E-state index in [1.807, 2.05) is 6.07 Å². The summed E-state index contributed by atoms with van der Waals surface area (Å²) in [5.74, 6) is 0.646. The van der Waals surface area contributed by atoms with E-state index >= 15 is 0 Å². The van der Waals surface area contributed by atoms with E-state index < -0.39 is 0 Å². The number of benzene rings is 1. The molecule has 1 aromatic carbocycles. The molecule has 3 N–H and O–H groups in total. The molecule has 2 rings (SSSR count). The van der Waals surface area contributed by atoms with E-state index in [4.69, 9.17) is 27.3 Å². The fraction of sp³-hybridized carbons (Fsp3) is 0.364. The van der Waals surface area contributed by atoms with Crippen molar-refractivity contribution >= 4 is 11.6 Å². The average Bonchev–Trinajstić information content (AvgIpc) is 2.65. The second-order valence-corrected chi connectivity index (χ2v) is 4.14. The summed E-state index contributed by atoms with van der Waals surface area (Å²) in [7, 11) is 0. The average molecular weight is 238 g/mol. The molecule has 4 nitrogen and oxygen atoms in total. The molecule has 1 saturated heterocycles. The number of halogens is 1. The van der Waals surface area contributed by atoms with Crippen LogP contribution in [0.1, 0.15) is 5.56 Å². The highest BCUT2D eigenvalue weighted by Gasteiger charge is 2.25. The maximum atomic E-state index is 8.73. The molecular weight excluding hydrogens is 226 g/mol. The third kappa shape index (κ3) is 2.27. The molecule has 5 heteroatoms. The van der Waals surface area contributed by atoms with Crippen LogP contribution in [-0.4, -0.2) is 25.2 Å². The number of hydrogen-bond acceptors (Lipinski definition) is 4. The number of nitrogens with one attached hydrogen (secondary N) is 1. The minimum atomic E-state index is -0.0380. The Morgan fingerprint density at radius 3 is 2.88 bits per heavy atom. The monoisotopic (exact) mass is 237 g/mol. The van der Waals surface area contributed by atoms with E-state index in [2.05, 4.69) is 5.32 Å². The van der Waals surface area contributed by atoms with Gasteiger partial charge in [-0.25, -0.2) is 0 Å². The van der Waals surface area contributed by atoms with Crippen LogP contribution in [0.25, 0.3) is 0 Å². The summed E-state index contributed by atoms with van der Waals surface area (Å²) in [5, 5.41) is 12.3. The Balaban J connectivity index is 2.11. The molecule has 1 aromatic rings. The summed E-state index contributed by atoms with van der Waals surface area (Å²) in [4.78, 5) is 0. The molecule has 2 atom stereocenters. The van der Waals surface area contributed by atoms with Crippen LogP contribution in [0.15, 0.2) is 18.2 Å². The van der Waals surface area contributed by atoms with Crippen LogP contribution in [0, 0.1) is 11.3 Å². The van der Waals surface area contributed by atoms with Crippen molar-refractivity contribution in [2.75, 3.05) is 13.1 Å². The zero-order valence-electron chi connectivity index (χ0n) is 8.61. The van der Waals surface area contributed by atoms with Crippen LogP contribution < -0.4 is 15.8 Å². The van der Waals surface area contributed by atoms with Crippen LogP contribution >= 0.6 is 11.6 Å². The summed E-state index contributed by atoms with van der Waals surface area (Å²) in [6, 6.07) is 7.02. The van der Waals surface area contributed by atoms with Gasteiger partial charge in [0.2, 0.25) is 0 Å². The number of nitrogens with zero attached hydrogens (tertiary/aromatic N) is 1. The molecule has 2 unspecified atom stereocenters. The lowest BCUT2D eigenvalue weighted by Crippen LogP contribution is -2.37. The molecule has 1 aliphatic heterocycles. The standard InChI is InChI=1S/C11H12ClN3O/c12-9-3-8(2-1-7(9)4-13)16-11-6-15-5-10(11)14/h1-3,10-11,15H,5-6,14H2. The third-order valence-corrected chi connectivity index (χ3v) is 2.86. The number of rotatable bonds is 2. The van der Waals surface area contributed by atoms with E-state index in [1.54, 1.807) is 18.2 Å². The quantitative estimate of drug-likeness (QED) is 0.802.